The third-order valence-electron chi connectivity index (χ3n) is 2.59. The Morgan fingerprint density at radius 1 is 0.483 bits per heavy atom. The van der Waals surface area contributed by atoms with Crippen molar-refractivity contribution in [1.82, 2.24) is 0 Å². The Kier molecular flexibility index (Phi) is 6.48. The summed E-state index contributed by atoms with van der Waals surface area (Å²) in [6.07, 6.45) is -30.4. The molecule has 0 amide bonds. The topological polar surface area (TPSA) is 93.1 Å². The minimum atomic E-state index is -7.86. The van der Waals surface area contributed by atoms with E-state index in [9.17, 15) is 71.1 Å². The van der Waals surface area contributed by atoms with Crippen molar-refractivity contribution in [3.8, 4) is 0 Å². The lowest BCUT2D eigenvalue weighted by Gasteiger charge is -2.42. The highest BCUT2D eigenvalue weighted by Gasteiger charge is 2.85. The first-order chi connectivity index (χ1) is 12.3. The molecule has 0 aromatic carbocycles. The number of halogens is 14. The molecule has 0 aromatic rings. The van der Waals surface area contributed by atoms with Crippen molar-refractivity contribution in [2.75, 3.05) is 0 Å². The molecule has 172 valence electrons. The molecule has 6 nitrogen and oxygen atoms in total. The monoisotopic (exact) mass is 472 g/mol. The largest absolute Gasteiger partial charge is 0.477 e. The van der Waals surface area contributed by atoms with Crippen LogP contribution >= 0.6 is 0 Å². The van der Waals surface area contributed by atoms with E-state index in [1.807, 2.05) is 0 Å². The Balaban J connectivity index is 7.17. The number of rotatable bonds is 6. The Morgan fingerprint density at radius 3 is 0.793 bits per heavy atom. The quantitative estimate of drug-likeness (QED) is 0.455. The van der Waals surface area contributed by atoms with Crippen LogP contribution in [-0.4, -0.2) is 64.4 Å². The second-order valence-electron chi connectivity index (χ2n) is 4.61. The van der Waals surface area contributed by atoms with Gasteiger partial charge in [0.05, 0.1) is 0 Å². The van der Waals surface area contributed by atoms with Crippen LogP contribution in [0.5, 0.6) is 0 Å². The van der Waals surface area contributed by atoms with Gasteiger partial charge in [0, 0.05) is 0 Å². The van der Waals surface area contributed by atoms with Gasteiger partial charge >= 0.3 is 54.1 Å². The van der Waals surface area contributed by atoms with Gasteiger partial charge in [-0.05, 0) is 0 Å². The van der Waals surface area contributed by atoms with Crippen molar-refractivity contribution in [3.05, 3.63) is 0 Å². The number of aliphatic carboxylic acids is 2. The van der Waals surface area contributed by atoms with Crippen LogP contribution in [0.1, 0.15) is 0 Å². The number of hydrogen-bond donors (Lipinski definition) is 2. The van der Waals surface area contributed by atoms with Gasteiger partial charge in [-0.15, -0.1) is 0 Å². The molecular formula is C9H2F14O6. The fourth-order valence-corrected chi connectivity index (χ4v) is 1.25. The van der Waals surface area contributed by atoms with E-state index in [1.54, 1.807) is 9.47 Å². The molecule has 0 rings (SSSR count). The van der Waals surface area contributed by atoms with Crippen LogP contribution < -0.4 is 0 Å². The predicted molar refractivity (Wildman–Crippen MR) is 52.1 cm³/mol. The first-order valence-corrected chi connectivity index (χ1v) is 5.82. The van der Waals surface area contributed by atoms with Crippen LogP contribution in [0.4, 0.5) is 61.5 Å². The Bertz CT molecular complexity index is 590. The van der Waals surface area contributed by atoms with Gasteiger partial charge in [-0.1, -0.05) is 0 Å². The van der Waals surface area contributed by atoms with E-state index in [1.165, 1.54) is 0 Å². The zero-order chi connectivity index (χ0) is 24.1. The average Bonchev–Trinajstić information content (AvgIpc) is 2.40. The first-order valence-electron chi connectivity index (χ1n) is 5.82. The molecule has 20 heteroatoms. The third kappa shape index (κ3) is 4.41. The lowest BCUT2D eigenvalue weighted by atomic mass is 10.2. The fraction of sp³-hybridized carbons (Fsp3) is 0.778. The van der Waals surface area contributed by atoms with Gasteiger partial charge in [0.15, 0.2) is 0 Å². The summed E-state index contributed by atoms with van der Waals surface area (Å²) in [6.45, 7) is 0. The first kappa shape index (κ1) is 26.9. The maximum Gasteiger partial charge on any atom is 0.460 e. The molecule has 0 spiro atoms. The van der Waals surface area contributed by atoms with E-state index in [-0.39, 0.29) is 0 Å². The average molecular weight is 472 g/mol. The smallest absolute Gasteiger partial charge is 0.460 e. The van der Waals surface area contributed by atoms with Crippen molar-refractivity contribution in [2.45, 2.75) is 42.2 Å². The molecule has 0 saturated heterocycles. The van der Waals surface area contributed by atoms with Gasteiger partial charge in [-0.3, -0.25) is 9.47 Å². The molecule has 2 unspecified atom stereocenters. The van der Waals surface area contributed by atoms with Crippen LogP contribution in [0.2, 0.25) is 0 Å². The molecule has 29 heavy (non-hydrogen) atoms. The van der Waals surface area contributed by atoms with Crippen LogP contribution in [-0.2, 0) is 19.1 Å². The minimum Gasteiger partial charge on any atom is -0.477 e. The van der Waals surface area contributed by atoms with E-state index in [4.69, 9.17) is 10.2 Å². The van der Waals surface area contributed by atoms with Gasteiger partial charge in [0.2, 0.25) is 0 Å². The van der Waals surface area contributed by atoms with Gasteiger partial charge in [0.25, 0.3) is 0 Å². The van der Waals surface area contributed by atoms with Gasteiger partial charge in [-0.2, -0.15) is 61.5 Å². The number of alkyl halides is 14. The maximum atomic E-state index is 13.5. The van der Waals surface area contributed by atoms with Crippen LogP contribution in [0.3, 0.4) is 0 Å². The Labute approximate surface area is 146 Å². The van der Waals surface area contributed by atoms with E-state index in [2.05, 4.69) is 0 Å². The van der Waals surface area contributed by atoms with Crippen molar-refractivity contribution in [2.24, 2.45) is 0 Å². The Hall–Kier alpha value is -2.12. The summed E-state index contributed by atoms with van der Waals surface area (Å²) in [7, 11) is 0. The lowest BCUT2D eigenvalue weighted by molar-refractivity contribution is -0.542. The van der Waals surface area contributed by atoms with Gasteiger partial charge in [-0.25, -0.2) is 9.59 Å². The third-order valence-corrected chi connectivity index (χ3v) is 2.59. The summed E-state index contributed by atoms with van der Waals surface area (Å²) in [4.78, 5) is 20.5. The second-order valence-corrected chi connectivity index (χ2v) is 4.61. The maximum absolute atomic E-state index is 13.5. The van der Waals surface area contributed by atoms with Crippen molar-refractivity contribution < 1.29 is 90.7 Å². The molecule has 0 aromatic heterocycles. The molecular weight excluding hydrogens is 470 g/mol. The van der Waals surface area contributed by atoms with E-state index in [0.29, 0.717) is 0 Å². The fourth-order valence-electron chi connectivity index (χ4n) is 1.25. The molecule has 0 aliphatic rings. The summed E-state index contributed by atoms with van der Waals surface area (Å²) in [5, 5.41) is 16.0. The van der Waals surface area contributed by atoms with E-state index in [0.717, 1.165) is 0 Å². The normalized spacial score (nSPS) is 18.7. The van der Waals surface area contributed by atoms with Gasteiger partial charge < -0.3 is 10.2 Å². The zero-order valence-corrected chi connectivity index (χ0v) is 12.3. The summed E-state index contributed by atoms with van der Waals surface area (Å²) in [5.74, 6) is -30.6. The molecule has 0 heterocycles. The highest BCUT2D eigenvalue weighted by Crippen LogP contribution is 2.55. The summed E-state index contributed by atoms with van der Waals surface area (Å²) < 4.78 is 182. The van der Waals surface area contributed by atoms with Crippen molar-refractivity contribution >= 4 is 11.9 Å². The van der Waals surface area contributed by atoms with E-state index < -0.39 is 54.1 Å². The predicted octanol–water partition coefficient (Wildman–Crippen LogP) is 3.47. The summed E-state index contributed by atoms with van der Waals surface area (Å²) in [6, 6.07) is 0. The molecule has 0 radical (unpaired) electrons. The summed E-state index contributed by atoms with van der Waals surface area (Å²) in [5.41, 5.74) is 0. The minimum absolute atomic E-state index is 1.75. The van der Waals surface area contributed by atoms with Crippen LogP contribution in [0.25, 0.3) is 0 Å². The Morgan fingerprint density at radius 2 is 0.690 bits per heavy atom. The van der Waals surface area contributed by atoms with Crippen LogP contribution in [0.15, 0.2) is 0 Å². The second kappa shape index (κ2) is 6.99. The number of hydrogen-bond acceptors (Lipinski definition) is 4. The molecule has 2 atom stereocenters. The van der Waals surface area contributed by atoms with E-state index >= 15 is 0 Å². The number of carboxylic acids is 2. The SMILES string of the molecule is O=C(O)C(F)(OC(OC(F)(C(=O)O)C(F)(F)F)(C(F)(F)F)C(F)(F)F)C(F)(F)F. The molecule has 0 aliphatic heterocycles. The zero-order valence-electron chi connectivity index (χ0n) is 12.3. The molecule has 0 fully saturated rings. The number of carboxylic acid groups (broad SMARTS) is 2. The summed E-state index contributed by atoms with van der Waals surface area (Å²) >= 11 is 0. The number of carbonyl (C=O) groups is 2. The van der Waals surface area contributed by atoms with Crippen molar-refractivity contribution in [3.63, 3.8) is 0 Å². The van der Waals surface area contributed by atoms with Gasteiger partial charge in [0.1, 0.15) is 0 Å². The highest BCUT2D eigenvalue weighted by molar-refractivity contribution is 5.77. The molecule has 0 aliphatic carbocycles. The molecule has 2 N–H and O–H groups in total. The van der Waals surface area contributed by atoms with Crippen molar-refractivity contribution in [1.29, 1.82) is 0 Å². The standard InChI is InChI=1S/C9H2F14O6/c10-3(1(24)25,6(12,13)14)28-5(8(18,19)20,9(21,22)23)29-4(11,2(26)27)7(15,16)17/h(H,24,25)(H,26,27). The lowest BCUT2D eigenvalue weighted by Crippen LogP contribution is -2.71. The molecule has 0 bridgehead atoms. The van der Waals surface area contributed by atoms with Crippen LogP contribution in [0, 0.1) is 0 Å². The number of ether oxygens (including phenoxy) is 2. The highest BCUT2D eigenvalue weighted by atomic mass is 19.4. The molecule has 0 saturated carbocycles.